The Morgan fingerprint density at radius 1 is 0.354 bits per heavy atom. The van der Waals surface area contributed by atoms with Gasteiger partial charge in [-0.15, -0.1) is 0 Å². The van der Waals surface area contributed by atoms with E-state index >= 15 is 9.13 Å². The van der Waals surface area contributed by atoms with Gasteiger partial charge in [-0.2, -0.15) is 0 Å². The molecule has 0 aliphatic carbocycles. The van der Waals surface area contributed by atoms with Gasteiger partial charge in [0.15, 0.2) is 14.3 Å². The molecule has 0 saturated carbocycles. The molecular weight excluding hydrogens is 626 g/mol. The fourth-order valence-electron chi connectivity index (χ4n) is 7.29. The van der Waals surface area contributed by atoms with Crippen molar-refractivity contribution in [3.05, 3.63) is 170 Å². The Balaban J connectivity index is 1.60. The van der Waals surface area contributed by atoms with Crippen LogP contribution in [0, 0.1) is 0 Å². The van der Waals surface area contributed by atoms with Crippen LogP contribution in [0.1, 0.15) is 0 Å². The molecule has 234 valence electrons. The molecule has 8 rings (SSSR count). The predicted molar refractivity (Wildman–Crippen MR) is 204 cm³/mol. The van der Waals surface area contributed by atoms with E-state index in [1.165, 1.54) is 0 Å². The minimum Gasteiger partial charge on any atom is -0.342 e. The molecule has 0 unspecified atom stereocenters. The minimum atomic E-state index is -3.51. The number of para-hydroxylation sites is 2. The number of hydrogen-bond acceptors (Lipinski definition) is 2. The van der Waals surface area contributed by atoms with E-state index in [2.05, 4.69) is 33.4 Å². The van der Waals surface area contributed by atoms with Crippen LogP contribution >= 0.6 is 14.3 Å². The van der Waals surface area contributed by atoms with Crippen LogP contribution in [0.25, 0.3) is 33.2 Å². The van der Waals surface area contributed by atoms with Gasteiger partial charge in [0.05, 0.1) is 22.0 Å². The Kier molecular flexibility index (Phi) is 7.45. The molecule has 0 aliphatic rings. The van der Waals surface area contributed by atoms with Gasteiger partial charge < -0.3 is 18.3 Å². The summed E-state index contributed by atoms with van der Waals surface area (Å²) >= 11 is 0. The first kappa shape index (κ1) is 30.2. The van der Waals surface area contributed by atoms with Crippen LogP contribution in [0.5, 0.6) is 0 Å². The molecule has 4 nitrogen and oxygen atoms in total. The Morgan fingerprint density at radius 3 is 0.896 bits per heavy atom. The quantitative estimate of drug-likeness (QED) is 0.165. The summed E-state index contributed by atoms with van der Waals surface area (Å²) in [5.74, 6) is 0. The maximum absolute atomic E-state index is 16.4. The summed E-state index contributed by atoms with van der Waals surface area (Å²) < 4.78 is 37.1. The van der Waals surface area contributed by atoms with Crippen molar-refractivity contribution in [1.29, 1.82) is 0 Å². The topological polar surface area (TPSA) is 44.0 Å². The van der Waals surface area contributed by atoms with Crippen LogP contribution in [0.4, 0.5) is 0 Å². The normalized spacial score (nSPS) is 12.1. The highest BCUT2D eigenvalue weighted by Crippen LogP contribution is 2.52. The van der Waals surface area contributed by atoms with Crippen molar-refractivity contribution in [3.8, 4) is 11.4 Å². The van der Waals surface area contributed by atoms with Gasteiger partial charge in [-0.25, -0.2) is 0 Å². The van der Waals surface area contributed by atoms with Crippen LogP contribution in [0.15, 0.2) is 170 Å². The predicted octanol–water partition coefficient (Wildman–Crippen LogP) is 7.62. The zero-order chi connectivity index (χ0) is 32.9. The fourth-order valence-corrected chi connectivity index (χ4v) is 13.5. The first-order valence-corrected chi connectivity index (χ1v) is 19.5. The van der Waals surface area contributed by atoms with Gasteiger partial charge in [0.1, 0.15) is 0 Å². The average Bonchev–Trinajstić information content (AvgIpc) is 3.62. The summed E-state index contributed by atoms with van der Waals surface area (Å²) in [5.41, 5.74) is 3.51. The highest BCUT2D eigenvalue weighted by atomic mass is 31.2. The molecule has 8 aromatic rings. The van der Waals surface area contributed by atoms with Crippen molar-refractivity contribution in [1.82, 2.24) is 9.13 Å². The molecular formula is C42H34N2O2P2. The second-order valence-electron chi connectivity index (χ2n) is 12.1. The van der Waals surface area contributed by atoms with Crippen LogP contribution in [-0.2, 0) is 23.2 Å². The number of nitrogens with zero attached hydrogens (tertiary/aromatic N) is 2. The van der Waals surface area contributed by atoms with Crippen LogP contribution in [-0.4, -0.2) is 9.13 Å². The zero-order valence-corrected chi connectivity index (χ0v) is 28.6. The number of hydrogen-bond donors (Lipinski definition) is 0. The summed E-state index contributed by atoms with van der Waals surface area (Å²) in [6.07, 6.45) is 0. The monoisotopic (exact) mass is 660 g/mol. The van der Waals surface area contributed by atoms with Crippen LogP contribution in [0.2, 0.25) is 0 Å². The number of fused-ring (bicyclic) bond motifs is 2. The third-order valence-corrected chi connectivity index (χ3v) is 15.8. The van der Waals surface area contributed by atoms with E-state index in [0.717, 1.165) is 65.0 Å². The summed E-state index contributed by atoms with van der Waals surface area (Å²) in [7, 11) is -2.93. The van der Waals surface area contributed by atoms with E-state index < -0.39 is 14.3 Å². The smallest absolute Gasteiger partial charge is 0.173 e. The standard InChI is InChI=1S/C42H34N2O2P2/c1-43-37-29-17-15-27-35(37)41(47(45,31-19-7-3-8-20-31)32-21-9-4-10-22-32)39(43)40-42(36-28-16-18-30-38(36)44(40)2)48(46,33-23-11-5-12-24-33)34-25-13-6-14-26-34/h3-30H,1-2H3. The van der Waals surface area contributed by atoms with Crippen LogP contribution < -0.4 is 31.8 Å². The van der Waals surface area contributed by atoms with Gasteiger partial charge >= 0.3 is 0 Å². The van der Waals surface area contributed by atoms with Crippen molar-refractivity contribution in [2.45, 2.75) is 0 Å². The molecule has 48 heavy (non-hydrogen) atoms. The van der Waals surface area contributed by atoms with Gasteiger partial charge in [-0.05, 0) is 12.1 Å². The van der Waals surface area contributed by atoms with E-state index in [9.17, 15) is 0 Å². The third-order valence-electron chi connectivity index (χ3n) is 9.49. The van der Waals surface area contributed by atoms with E-state index in [0.29, 0.717) is 0 Å². The second-order valence-corrected chi connectivity index (χ2v) is 17.5. The number of aryl methyl sites for hydroxylation is 2. The molecule has 0 aliphatic heterocycles. The van der Waals surface area contributed by atoms with Crippen LogP contribution in [0.3, 0.4) is 0 Å². The summed E-state index contributed by atoms with van der Waals surface area (Å²) in [6, 6.07) is 55.6. The van der Waals surface area contributed by atoms with Crippen molar-refractivity contribution >= 4 is 67.9 Å². The fraction of sp³-hybridized carbons (Fsp3) is 0.0476. The Morgan fingerprint density at radius 2 is 0.604 bits per heavy atom. The third kappa shape index (κ3) is 4.44. The molecule has 0 bridgehead atoms. The molecule has 0 atom stereocenters. The van der Waals surface area contributed by atoms with Gasteiger partial charge in [0.25, 0.3) is 0 Å². The molecule has 0 fully saturated rings. The lowest BCUT2D eigenvalue weighted by Crippen LogP contribution is -2.30. The first-order chi connectivity index (χ1) is 23.5. The first-order valence-electron chi connectivity index (χ1n) is 16.0. The molecule has 6 aromatic carbocycles. The molecule has 0 N–H and O–H groups in total. The molecule has 0 radical (unpaired) electrons. The zero-order valence-electron chi connectivity index (χ0n) is 26.8. The van der Waals surface area contributed by atoms with E-state index in [4.69, 9.17) is 0 Å². The van der Waals surface area contributed by atoms with Crippen molar-refractivity contribution in [3.63, 3.8) is 0 Å². The maximum atomic E-state index is 16.4. The molecule has 2 heterocycles. The lowest BCUT2D eigenvalue weighted by Gasteiger charge is -2.25. The Bertz CT molecular complexity index is 2250. The van der Waals surface area contributed by atoms with Crippen molar-refractivity contribution in [2.75, 3.05) is 0 Å². The number of rotatable bonds is 7. The number of aromatic nitrogens is 2. The van der Waals surface area contributed by atoms with Gasteiger partial charge in [-0.3, -0.25) is 0 Å². The molecule has 0 spiro atoms. The number of benzene rings is 6. The van der Waals surface area contributed by atoms with Crippen molar-refractivity contribution < 1.29 is 9.13 Å². The van der Waals surface area contributed by atoms with E-state index in [1.54, 1.807) is 0 Å². The summed E-state index contributed by atoms with van der Waals surface area (Å²) in [5, 5.41) is 6.34. The molecule has 2 aromatic heterocycles. The van der Waals surface area contributed by atoms with E-state index in [1.807, 2.05) is 160 Å². The minimum absolute atomic E-state index is 0.748. The molecule has 0 saturated heterocycles. The average molecular weight is 661 g/mol. The highest BCUT2D eigenvalue weighted by Gasteiger charge is 2.42. The Labute approximate surface area is 280 Å². The lowest BCUT2D eigenvalue weighted by molar-refractivity contribution is 0.591. The lowest BCUT2D eigenvalue weighted by atomic mass is 10.2. The summed E-state index contributed by atoms with van der Waals surface area (Å²) in [4.78, 5) is 0. The van der Waals surface area contributed by atoms with Gasteiger partial charge in [0.2, 0.25) is 0 Å². The Hall–Kier alpha value is -5.14. The largest absolute Gasteiger partial charge is 0.342 e. The molecule has 6 heteroatoms. The highest BCUT2D eigenvalue weighted by molar-refractivity contribution is 7.86. The maximum Gasteiger partial charge on any atom is 0.173 e. The van der Waals surface area contributed by atoms with Gasteiger partial charge in [0, 0.05) is 57.1 Å². The van der Waals surface area contributed by atoms with E-state index in [-0.39, 0.29) is 0 Å². The SMILES string of the molecule is Cn1c(-c2c(P(=O)(c3ccccc3)c3ccccc3)c3ccccc3n2C)c(P(=O)(c2ccccc2)c2ccccc2)c2ccccc21. The molecule has 0 amide bonds. The summed E-state index contributed by atoms with van der Waals surface area (Å²) in [6.45, 7) is 0. The van der Waals surface area contributed by atoms with Crippen molar-refractivity contribution in [2.24, 2.45) is 14.1 Å². The second kappa shape index (κ2) is 11.8. The van der Waals surface area contributed by atoms with Gasteiger partial charge in [-0.1, -0.05) is 158 Å².